The van der Waals surface area contributed by atoms with E-state index in [9.17, 15) is 4.79 Å². The molecule has 1 aromatic rings. The lowest BCUT2D eigenvalue weighted by Crippen LogP contribution is -2.32. The van der Waals surface area contributed by atoms with Crippen LogP contribution < -0.4 is 15.8 Å². The third-order valence-corrected chi connectivity index (χ3v) is 2.59. The first-order valence-electron chi connectivity index (χ1n) is 5.49. The molecule has 4 nitrogen and oxygen atoms in total. The zero-order valence-electron chi connectivity index (χ0n) is 9.32. The molecule has 86 valence electrons. The minimum atomic E-state index is -0.493. The summed E-state index contributed by atoms with van der Waals surface area (Å²) < 4.78 is 5.49. The van der Waals surface area contributed by atoms with Crippen molar-refractivity contribution in [3.63, 3.8) is 0 Å². The van der Waals surface area contributed by atoms with Gasteiger partial charge in [0.1, 0.15) is 5.75 Å². The maximum Gasteiger partial charge on any atom is 0.240 e. The van der Waals surface area contributed by atoms with Crippen LogP contribution in [-0.4, -0.2) is 18.6 Å². The van der Waals surface area contributed by atoms with E-state index < -0.39 is 6.04 Å². The summed E-state index contributed by atoms with van der Waals surface area (Å²) in [6, 6.07) is 5.19. The SMILES string of the molecule is C[C@@H](N)C(=O)Nc1ccc2c(c1)CCCO2. The molecule has 3 N–H and O–H groups in total. The fourth-order valence-electron chi connectivity index (χ4n) is 1.69. The van der Waals surface area contributed by atoms with Crippen molar-refractivity contribution >= 4 is 11.6 Å². The summed E-state index contributed by atoms with van der Waals surface area (Å²) in [5, 5.41) is 2.77. The van der Waals surface area contributed by atoms with Crippen LogP contribution in [0.5, 0.6) is 5.75 Å². The van der Waals surface area contributed by atoms with Gasteiger partial charge in [0.25, 0.3) is 0 Å². The van der Waals surface area contributed by atoms with Crippen LogP contribution in [0.2, 0.25) is 0 Å². The van der Waals surface area contributed by atoms with Gasteiger partial charge in [0.15, 0.2) is 0 Å². The summed E-state index contributed by atoms with van der Waals surface area (Å²) in [5.41, 5.74) is 7.42. The van der Waals surface area contributed by atoms with Crippen molar-refractivity contribution in [1.29, 1.82) is 0 Å². The highest BCUT2D eigenvalue weighted by atomic mass is 16.5. The van der Waals surface area contributed by atoms with Crippen molar-refractivity contribution in [2.75, 3.05) is 11.9 Å². The first-order chi connectivity index (χ1) is 7.66. The Hall–Kier alpha value is -1.55. The van der Waals surface area contributed by atoms with Crippen LogP contribution in [0.15, 0.2) is 18.2 Å². The van der Waals surface area contributed by atoms with Crippen molar-refractivity contribution < 1.29 is 9.53 Å². The third-order valence-electron chi connectivity index (χ3n) is 2.59. The zero-order chi connectivity index (χ0) is 11.5. The van der Waals surface area contributed by atoms with Gasteiger partial charge in [-0.2, -0.15) is 0 Å². The van der Waals surface area contributed by atoms with Gasteiger partial charge in [0, 0.05) is 5.69 Å². The van der Waals surface area contributed by atoms with Crippen molar-refractivity contribution in [1.82, 2.24) is 0 Å². The average Bonchev–Trinajstić information content (AvgIpc) is 2.28. The Balaban J connectivity index is 2.14. The maximum absolute atomic E-state index is 11.4. The molecule has 1 aromatic carbocycles. The lowest BCUT2D eigenvalue weighted by Gasteiger charge is -2.18. The number of carbonyl (C=O) groups excluding carboxylic acids is 1. The van der Waals surface area contributed by atoms with E-state index in [0.29, 0.717) is 0 Å². The summed E-state index contributed by atoms with van der Waals surface area (Å²) in [5.74, 6) is 0.752. The largest absolute Gasteiger partial charge is 0.493 e. The van der Waals surface area contributed by atoms with Crippen molar-refractivity contribution in [3.8, 4) is 5.75 Å². The molecule has 1 aliphatic rings. The normalized spacial score (nSPS) is 15.9. The van der Waals surface area contributed by atoms with E-state index in [2.05, 4.69) is 5.32 Å². The Morgan fingerprint density at radius 3 is 3.12 bits per heavy atom. The molecule has 0 unspecified atom stereocenters. The number of hydrogen-bond acceptors (Lipinski definition) is 3. The summed E-state index contributed by atoms with van der Waals surface area (Å²) in [4.78, 5) is 11.4. The van der Waals surface area contributed by atoms with Crippen LogP contribution >= 0.6 is 0 Å². The lowest BCUT2D eigenvalue weighted by molar-refractivity contribution is -0.117. The van der Waals surface area contributed by atoms with Gasteiger partial charge in [0.05, 0.1) is 12.6 Å². The van der Waals surface area contributed by atoms with Crippen LogP contribution in [0, 0.1) is 0 Å². The average molecular weight is 220 g/mol. The molecule has 0 aliphatic carbocycles. The molecule has 0 bridgehead atoms. The fourth-order valence-corrected chi connectivity index (χ4v) is 1.69. The van der Waals surface area contributed by atoms with Gasteiger partial charge in [0.2, 0.25) is 5.91 Å². The summed E-state index contributed by atoms with van der Waals surface area (Å²) in [7, 11) is 0. The summed E-state index contributed by atoms with van der Waals surface area (Å²) in [6.45, 7) is 2.44. The molecule has 0 spiro atoms. The number of hydrogen-bond donors (Lipinski definition) is 2. The first kappa shape index (κ1) is 11.0. The highest BCUT2D eigenvalue weighted by Crippen LogP contribution is 2.27. The topological polar surface area (TPSA) is 64.4 Å². The highest BCUT2D eigenvalue weighted by molar-refractivity contribution is 5.94. The molecule has 0 radical (unpaired) electrons. The quantitative estimate of drug-likeness (QED) is 0.789. The minimum absolute atomic E-state index is 0.170. The second-order valence-corrected chi connectivity index (χ2v) is 4.05. The molecule has 0 saturated carbocycles. The van der Waals surface area contributed by atoms with Gasteiger partial charge >= 0.3 is 0 Å². The van der Waals surface area contributed by atoms with Gasteiger partial charge in [-0.15, -0.1) is 0 Å². The number of rotatable bonds is 2. The van der Waals surface area contributed by atoms with Gasteiger partial charge < -0.3 is 15.8 Å². The Morgan fingerprint density at radius 1 is 1.56 bits per heavy atom. The van der Waals surface area contributed by atoms with Gasteiger partial charge in [-0.1, -0.05) is 0 Å². The smallest absolute Gasteiger partial charge is 0.240 e. The third kappa shape index (κ3) is 2.33. The first-order valence-corrected chi connectivity index (χ1v) is 5.49. The Bertz CT molecular complexity index is 402. The van der Waals surface area contributed by atoms with E-state index in [1.165, 1.54) is 0 Å². The highest BCUT2D eigenvalue weighted by Gasteiger charge is 2.12. The Morgan fingerprint density at radius 2 is 2.38 bits per heavy atom. The van der Waals surface area contributed by atoms with E-state index in [4.69, 9.17) is 10.5 Å². The molecule has 4 heteroatoms. The van der Waals surface area contributed by atoms with Gasteiger partial charge in [-0.05, 0) is 43.5 Å². The number of amides is 1. The van der Waals surface area contributed by atoms with E-state index in [1.807, 2.05) is 18.2 Å². The fraction of sp³-hybridized carbons (Fsp3) is 0.417. The molecule has 1 aliphatic heterocycles. The second-order valence-electron chi connectivity index (χ2n) is 4.05. The monoisotopic (exact) mass is 220 g/mol. The molecular formula is C12H16N2O2. The molecular weight excluding hydrogens is 204 g/mol. The number of anilines is 1. The number of benzene rings is 1. The summed E-state index contributed by atoms with van der Waals surface area (Å²) in [6.07, 6.45) is 2.02. The molecule has 1 amide bonds. The molecule has 16 heavy (non-hydrogen) atoms. The molecule has 0 saturated heterocycles. The standard InChI is InChI=1S/C12H16N2O2/c1-8(13)12(15)14-10-4-5-11-9(7-10)3-2-6-16-11/h4-5,7-8H,2-3,6,13H2,1H3,(H,14,15)/t8-/m1/s1. The predicted molar refractivity (Wildman–Crippen MR) is 62.5 cm³/mol. The van der Waals surface area contributed by atoms with Crippen LogP contribution in [0.3, 0.4) is 0 Å². The van der Waals surface area contributed by atoms with Crippen LogP contribution in [-0.2, 0) is 11.2 Å². The van der Waals surface area contributed by atoms with Gasteiger partial charge in [-0.25, -0.2) is 0 Å². The number of nitrogens with one attached hydrogen (secondary N) is 1. The van der Waals surface area contributed by atoms with E-state index in [0.717, 1.165) is 36.4 Å². The van der Waals surface area contributed by atoms with Crippen molar-refractivity contribution in [2.24, 2.45) is 5.73 Å². The number of ether oxygens (including phenoxy) is 1. The molecule has 1 atom stereocenters. The summed E-state index contributed by atoms with van der Waals surface area (Å²) >= 11 is 0. The zero-order valence-corrected chi connectivity index (χ0v) is 9.32. The number of carbonyl (C=O) groups is 1. The molecule has 0 aromatic heterocycles. The molecule has 1 heterocycles. The number of fused-ring (bicyclic) bond motifs is 1. The van der Waals surface area contributed by atoms with Crippen LogP contribution in [0.1, 0.15) is 18.9 Å². The van der Waals surface area contributed by atoms with Crippen molar-refractivity contribution in [3.05, 3.63) is 23.8 Å². The minimum Gasteiger partial charge on any atom is -0.493 e. The second kappa shape index (κ2) is 4.53. The van der Waals surface area contributed by atoms with E-state index >= 15 is 0 Å². The van der Waals surface area contributed by atoms with Crippen LogP contribution in [0.25, 0.3) is 0 Å². The Kier molecular flexibility index (Phi) is 3.10. The number of nitrogens with two attached hydrogens (primary N) is 1. The van der Waals surface area contributed by atoms with E-state index in [-0.39, 0.29) is 5.91 Å². The predicted octanol–water partition coefficient (Wildman–Crippen LogP) is 1.30. The van der Waals surface area contributed by atoms with Crippen LogP contribution in [0.4, 0.5) is 5.69 Å². The number of aryl methyl sites for hydroxylation is 1. The lowest BCUT2D eigenvalue weighted by atomic mass is 10.1. The van der Waals surface area contributed by atoms with Gasteiger partial charge in [-0.3, -0.25) is 4.79 Å². The van der Waals surface area contributed by atoms with E-state index in [1.54, 1.807) is 6.92 Å². The molecule has 2 rings (SSSR count). The molecule has 0 fully saturated rings. The Labute approximate surface area is 94.8 Å². The maximum atomic E-state index is 11.4. The van der Waals surface area contributed by atoms with Crippen molar-refractivity contribution in [2.45, 2.75) is 25.8 Å².